The second-order valence-electron chi connectivity index (χ2n) is 4.42. The molecule has 0 fully saturated rings. The third-order valence-electron chi connectivity index (χ3n) is 3.39. The molecule has 0 aliphatic heterocycles. The molecule has 0 radical (unpaired) electrons. The quantitative estimate of drug-likeness (QED) is 0.759. The highest BCUT2D eigenvalue weighted by Gasteiger charge is 2.20. The molecule has 1 heterocycles. The molecular formula is C14H23NO2. The van der Waals surface area contributed by atoms with Gasteiger partial charge in [-0.1, -0.05) is 26.7 Å². The summed E-state index contributed by atoms with van der Waals surface area (Å²) < 4.78 is 5.19. The predicted octanol–water partition coefficient (Wildman–Crippen LogP) is 3.49. The van der Waals surface area contributed by atoms with Gasteiger partial charge in [-0.15, -0.1) is 0 Å². The maximum absolute atomic E-state index is 12.3. The van der Waals surface area contributed by atoms with Crippen LogP contribution in [0, 0.1) is 12.8 Å². The van der Waals surface area contributed by atoms with Gasteiger partial charge in [0.05, 0.1) is 11.8 Å². The first-order valence-electron chi connectivity index (χ1n) is 6.47. The fraction of sp³-hybridized carbons (Fsp3) is 0.643. The van der Waals surface area contributed by atoms with Crippen LogP contribution in [-0.4, -0.2) is 23.9 Å². The van der Waals surface area contributed by atoms with Crippen molar-refractivity contribution in [3.05, 3.63) is 23.7 Å². The van der Waals surface area contributed by atoms with E-state index in [4.69, 9.17) is 4.42 Å². The summed E-state index contributed by atoms with van der Waals surface area (Å²) in [6.07, 6.45) is 3.81. The lowest BCUT2D eigenvalue weighted by Gasteiger charge is -2.25. The molecule has 0 bridgehead atoms. The summed E-state index contributed by atoms with van der Waals surface area (Å²) in [5, 5.41) is 0. The Morgan fingerprint density at radius 1 is 1.35 bits per heavy atom. The first-order chi connectivity index (χ1) is 8.13. The maximum atomic E-state index is 12.3. The lowest BCUT2D eigenvalue weighted by molar-refractivity contribution is 0.0733. The van der Waals surface area contributed by atoms with Gasteiger partial charge in [-0.05, 0) is 25.8 Å². The minimum absolute atomic E-state index is 0.0886. The highest BCUT2D eigenvalue weighted by atomic mass is 16.3. The number of hydrogen-bond donors (Lipinski definition) is 0. The van der Waals surface area contributed by atoms with Crippen LogP contribution in [-0.2, 0) is 0 Å². The predicted molar refractivity (Wildman–Crippen MR) is 69.1 cm³/mol. The van der Waals surface area contributed by atoms with Crippen LogP contribution in [0.4, 0.5) is 0 Å². The highest BCUT2D eigenvalue weighted by molar-refractivity contribution is 5.95. The summed E-state index contributed by atoms with van der Waals surface area (Å²) in [4.78, 5) is 14.2. The molecule has 0 saturated heterocycles. The number of aryl methyl sites for hydroxylation is 1. The summed E-state index contributed by atoms with van der Waals surface area (Å²) in [7, 11) is 0. The molecule has 1 amide bonds. The van der Waals surface area contributed by atoms with Crippen LogP contribution >= 0.6 is 0 Å². The van der Waals surface area contributed by atoms with E-state index in [-0.39, 0.29) is 5.91 Å². The van der Waals surface area contributed by atoms with Crippen molar-refractivity contribution in [3.8, 4) is 0 Å². The Morgan fingerprint density at radius 3 is 2.41 bits per heavy atom. The van der Waals surface area contributed by atoms with Gasteiger partial charge >= 0.3 is 0 Å². The third-order valence-corrected chi connectivity index (χ3v) is 3.39. The number of nitrogens with zero attached hydrogens (tertiary/aromatic N) is 1. The molecule has 0 saturated carbocycles. The fourth-order valence-electron chi connectivity index (χ4n) is 1.99. The van der Waals surface area contributed by atoms with E-state index in [1.54, 1.807) is 12.3 Å². The van der Waals surface area contributed by atoms with E-state index in [1.807, 2.05) is 18.7 Å². The summed E-state index contributed by atoms with van der Waals surface area (Å²) in [6, 6.07) is 1.76. The molecule has 17 heavy (non-hydrogen) atoms. The Hall–Kier alpha value is -1.25. The van der Waals surface area contributed by atoms with Gasteiger partial charge in [0, 0.05) is 13.1 Å². The normalized spacial score (nSPS) is 10.9. The first kappa shape index (κ1) is 13.8. The number of carbonyl (C=O) groups excluding carboxylic acids is 1. The van der Waals surface area contributed by atoms with Crippen molar-refractivity contribution in [2.45, 2.75) is 40.5 Å². The molecule has 0 aliphatic carbocycles. The number of furan rings is 1. The SMILES string of the molecule is CCC(CC)CN(CC)C(=O)c1ccoc1C. The van der Waals surface area contributed by atoms with Crippen LogP contribution in [0.3, 0.4) is 0 Å². The molecule has 0 N–H and O–H groups in total. The van der Waals surface area contributed by atoms with Gasteiger partial charge in [-0.25, -0.2) is 0 Å². The van der Waals surface area contributed by atoms with Crippen LogP contribution in [0.15, 0.2) is 16.7 Å². The molecule has 0 atom stereocenters. The minimum atomic E-state index is 0.0886. The Bertz CT molecular complexity index is 353. The Labute approximate surface area is 104 Å². The van der Waals surface area contributed by atoms with E-state index in [0.717, 1.165) is 25.9 Å². The molecule has 0 unspecified atom stereocenters. The Kier molecular flexibility index (Phi) is 5.26. The van der Waals surface area contributed by atoms with Gasteiger partial charge in [0.2, 0.25) is 0 Å². The zero-order valence-electron chi connectivity index (χ0n) is 11.3. The molecule has 0 aromatic carbocycles. The zero-order valence-corrected chi connectivity index (χ0v) is 11.3. The molecule has 0 aliphatic rings. The van der Waals surface area contributed by atoms with Crippen LogP contribution in [0.1, 0.15) is 49.7 Å². The molecule has 3 nitrogen and oxygen atoms in total. The molecule has 0 spiro atoms. The second kappa shape index (κ2) is 6.48. The Morgan fingerprint density at radius 2 is 2.00 bits per heavy atom. The maximum Gasteiger partial charge on any atom is 0.257 e. The standard InChI is InChI=1S/C14H23NO2/c1-5-12(6-2)10-15(7-3)14(16)13-8-9-17-11(13)4/h8-9,12H,5-7,10H2,1-4H3. The van der Waals surface area contributed by atoms with Crippen molar-refractivity contribution in [1.82, 2.24) is 4.90 Å². The van der Waals surface area contributed by atoms with E-state index >= 15 is 0 Å². The van der Waals surface area contributed by atoms with Crippen molar-refractivity contribution in [2.75, 3.05) is 13.1 Å². The minimum Gasteiger partial charge on any atom is -0.469 e. The summed E-state index contributed by atoms with van der Waals surface area (Å²) in [5.41, 5.74) is 0.692. The average Bonchev–Trinajstić information content (AvgIpc) is 2.76. The lowest BCUT2D eigenvalue weighted by Crippen LogP contribution is -2.35. The average molecular weight is 237 g/mol. The molecule has 1 rings (SSSR count). The van der Waals surface area contributed by atoms with Gasteiger partial charge < -0.3 is 9.32 Å². The number of rotatable bonds is 6. The van der Waals surface area contributed by atoms with Crippen LogP contribution in [0.5, 0.6) is 0 Å². The van der Waals surface area contributed by atoms with Crippen LogP contribution < -0.4 is 0 Å². The third kappa shape index (κ3) is 3.35. The lowest BCUT2D eigenvalue weighted by atomic mass is 10.0. The van der Waals surface area contributed by atoms with Crippen molar-refractivity contribution < 1.29 is 9.21 Å². The van der Waals surface area contributed by atoms with Gasteiger partial charge in [0.15, 0.2) is 0 Å². The largest absolute Gasteiger partial charge is 0.469 e. The fourth-order valence-corrected chi connectivity index (χ4v) is 1.99. The molecule has 3 heteroatoms. The van der Waals surface area contributed by atoms with Gasteiger partial charge in [-0.3, -0.25) is 4.79 Å². The van der Waals surface area contributed by atoms with Gasteiger partial charge in [0.1, 0.15) is 5.76 Å². The van der Waals surface area contributed by atoms with Gasteiger partial charge in [-0.2, -0.15) is 0 Å². The van der Waals surface area contributed by atoms with Crippen LogP contribution in [0.2, 0.25) is 0 Å². The summed E-state index contributed by atoms with van der Waals surface area (Å²) >= 11 is 0. The first-order valence-corrected chi connectivity index (χ1v) is 6.47. The molecule has 96 valence electrons. The van der Waals surface area contributed by atoms with E-state index in [1.165, 1.54) is 0 Å². The van der Waals surface area contributed by atoms with Crippen LogP contribution in [0.25, 0.3) is 0 Å². The highest BCUT2D eigenvalue weighted by Crippen LogP contribution is 2.15. The monoisotopic (exact) mass is 237 g/mol. The summed E-state index contributed by atoms with van der Waals surface area (Å²) in [6.45, 7) is 9.80. The smallest absolute Gasteiger partial charge is 0.257 e. The van der Waals surface area contributed by atoms with E-state index in [0.29, 0.717) is 17.2 Å². The van der Waals surface area contributed by atoms with E-state index in [9.17, 15) is 4.79 Å². The number of amides is 1. The second-order valence-corrected chi connectivity index (χ2v) is 4.42. The van der Waals surface area contributed by atoms with Crippen molar-refractivity contribution in [3.63, 3.8) is 0 Å². The number of carbonyl (C=O) groups is 1. The van der Waals surface area contributed by atoms with E-state index < -0.39 is 0 Å². The Balaban J connectivity index is 2.74. The van der Waals surface area contributed by atoms with Gasteiger partial charge in [0.25, 0.3) is 5.91 Å². The molecule has 1 aromatic heterocycles. The topological polar surface area (TPSA) is 33.5 Å². The van der Waals surface area contributed by atoms with Crippen molar-refractivity contribution in [2.24, 2.45) is 5.92 Å². The van der Waals surface area contributed by atoms with E-state index in [2.05, 4.69) is 13.8 Å². The summed E-state index contributed by atoms with van der Waals surface area (Å²) in [5.74, 6) is 1.38. The number of hydrogen-bond acceptors (Lipinski definition) is 2. The van der Waals surface area contributed by atoms with Crippen molar-refractivity contribution >= 4 is 5.91 Å². The zero-order chi connectivity index (χ0) is 12.8. The van der Waals surface area contributed by atoms with Crippen molar-refractivity contribution in [1.29, 1.82) is 0 Å². The molecule has 1 aromatic rings. The molecular weight excluding hydrogens is 214 g/mol.